The topological polar surface area (TPSA) is 73.6 Å². The lowest BCUT2D eigenvalue weighted by Crippen LogP contribution is -2.04. The fourth-order valence-corrected chi connectivity index (χ4v) is 3.09. The largest absolute Gasteiger partial charge is 0.491 e. The van der Waals surface area contributed by atoms with E-state index >= 15 is 0 Å². The van der Waals surface area contributed by atoms with Gasteiger partial charge in [-0.3, -0.25) is 0 Å². The average molecular weight is 367 g/mol. The van der Waals surface area contributed by atoms with Gasteiger partial charge in [0.25, 0.3) is 0 Å². The fraction of sp³-hybridized carbons (Fsp3) is 0.167. The van der Waals surface area contributed by atoms with Crippen LogP contribution in [0.5, 0.6) is 5.75 Å². The van der Waals surface area contributed by atoms with Crippen molar-refractivity contribution in [1.82, 2.24) is 19.8 Å². The molecular weight excluding hydrogens is 350 g/mol. The van der Waals surface area contributed by atoms with Crippen LogP contribution >= 0.6 is 11.3 Å². The molecule has 0 saturated carbocycles. The lowest BCUT2D eigenvalue weighted by molar-refractivity contribution is 0.146. The smallest absolute Gasteiger partial charge is 0.186 e. The van der Waals surface area contributed by atoms with E-state index in [0.29, 0.717) is 24.7 Å². The van der Waals surface area contributed by atoms with E-state index in [9.17, 15) is 0 Å². The highest BCUT2D eigenvalue weighted by atomic mass is 32.1. The first kappa shape index (κ1) is 16.5. The third kappa shape index (κ3) is 3.51. The molecule has 0 saturated heterocycles. The van der Waals surface area contributed by atoms with E-state index < -0.39 is 0 Å². The van der Waals surface area contributed by atoms with Gasteiger partial charge in [0.1, 0.15) is 12.4 Å². The first-order valence-corrected chi connectivity index (χ1v) is 9.01. The monoisotopic (exact) mass is 367 g/mol. The van der Waals surface area contributed by atoms with Crippen molar-refractivity contribution in [1.29, 1.82) is 0 Å². The van der Waals surface area contributed by atoms with Crippen molar-refractivity contribution >= 4 is 28.5 Å². The van der Waals surface area contributed by atoms with E-state index in [4.69, 9.17) is 9.47 Å². The van der Waals surface area contributed by atoms with Crippen LogP contribution < -0.4 is 10.1 Å². The Morgan fingerprint density at radius 2 is 1.92 bits per heavy atom. The molecule has 0 bridgehead atoms. The highest BCUT2D eigenvalue weighted by Crippen LogP contribution is 2.22. The zero-order chi connectivity index (χ0) is 17.8. The average Bonchev–Trinajstić information content (AvgIpc) is 3.32. The lowest BCUT2D eigenvalue weighted by atomic mass is 10.3. The van der Waals surface area contributed by atoms with Crippen LogP contribution in [0.1, 0.15) is 0 Å². The number of nitrogens with zero attached hydrogens (tertiary/aromatic N) is 4. The summed E-state index contributed by atoms with van der Waals surface area (Å²) in [4.78, 5) is 0. The summed E-state index contributed by atoms with van der Waals surface area (Å²) in [5, 5.41) is 20.3. The van der Waals surface area contributed by atoms with Crippen molar-refractivity contribution in [3.8, 4) is 17.1 Å². The Labute approximate surface area is 154 Å². The van der Waals surface area contributed by atoms with Crippen LogP contribution in [0, 0.1) is 0 Å². The fourth-order valence-electron chi connectivity index (χ4n) is 2.45. The first-order valence-electron chi connectivity index (χ1n) is 8.07. The molecule has 3 aromatic heterocycles. The van der Waals surface area contributed by atoms with Gasteiger partial charge in [0.2, 0.25) is 0 Å². The van der Waals surface area contributed by atoms with Crippen molar-refractivity contribution in [3.05, 3.63) is 53.2 Å². The molecule has 8 heteroatoms. The van der Waals surface area contributed by atoms with Crippen molar-refractivity contribution in [2.75, 3.05) is 25.6 Å². The Balaban J connectivity index is 1.53. The summed E-state index contributed by atoms with van der Waals surface area (Å²) in [5.74, 6) is 2.24. The van der Waals surface area contributed by atoms with Crippen LogP contribution in [0.15, 0.2) is 53.2 Å². The predicted molar refractivity (Wildman–Crippen MR) is 101 cm³/mol. The Bertz CT molecular complexity index is 983. The van der Waals surface area contributed by atoms with Crippen LogP contribution in [0.3, 0.4) is 0 Å². The van der Waals surface area contributed by atoms with Gasteiger partial charge < -0.3 is 14.8 Å². The number of benzene rings is 1. The second-order valence-corrected chi connectivity index (χ2v) is 6.29. The third-order valence-electron chi connectivity index (χ3n) is 3.73. The maximum Gasteiger partial charge on any atom is 0.186 e. The molecule has 0 amide bonds. The molecule has 4 rings (SSSR count). The maximum absolute atomic E-state index is 5.57. The highest BCUT2D eigenvalue weighted by molar-refractivity contribution is 7.08. The van der Waals surface area contributed by atoms with Gasteiger partial charge in [-0.15, -0.1) is 15.3 Å². The Morgan fingerprint density at radius 3 is 2.69 bits per heavy atom. The maximum atomic E-state index is 5.57. The lowest BCUT2D eigenvalue weighted by Gasteiger charge is -2.08. The number of rotatable bonds is 7. The minimum atomic E-state index is 0.528. The van der Waals surface area contributed by atoms with Crippen molar-refractivity contribution in [2.45, 2.75) is 0 Å². The summed E-state index contributed by atoms with van der Waals surface area (Å²) in [6.45, 7) is 1.09. The second-order valence-electron chi connectivity index (χ2n) is 5.51. The quantitative estimate of drug-likeness (QED) is 0.503. The zero-order valence-electron chi connectivity index (χ0n) is 14.1. The number of aromatic nitrogens is 4. The standard InChI is InChI=1S/C18H17N5O2S/c1-24-9-10-25-15-4-2-14(3-5-15)19-16-6-7-17-20-21-18(23(17)22-16)13-8-11-26-12-13/h2-8,11-12H,9-10H2,1H3,(H,19,22). The summed E-state index contributed by atoms with van der Waals surface area (Å²) in [7, 11) is 1.65. The molecule has 0 spiro atoms. The second kappa shape index (κ2) is 7.51. The molecule has 3 heterocycles. The minimum Gasteiger partial charge on any atom is -0.491 e. The molecule has 0 atom stereocenters. The van der Waals surface area contributed by atoms with Crippen LogP contribution in [0.4, 0.5) is 11.5 Å². The van der Waals surface area contributed by atoms with E-state index in [0.717, 1.165) is 22.8 Å². The molecule has 4 aromatic rings. The SMILES string of the molecule is COCCOc1ccc(Nc2ccc3nnc(-c4ccsc4)n3n2)cc1. The van der Waals surface area contributed by atoms with Gasteiger partial charge in [0, 0.05) is 23.7 Å². The number of hydrogen-bond donors (Lipinski definition) is 1. The molecule has 0 unspecified atom stereocenters. The minimum absolute atomic E-state index is 0.528. The Morgan fingerprint density at radius 1 is 1.04 bits per heavy atom. The van der Waals surface area contributed by atoms with E-state index in [2.05, 4.69) is 20.6 Å². The summed E-state index contributed by atoms with van der Waals surface area (Å²) in [5.41, 5.74) is 2.63. The molecule has 1 N–H and O–H groups in total. The van der Waals surface area contributed by atoms with Gasteiger partial charge in [-0.05, 0) is 47.8 Å². The van der Waals surface area contributed by atoms with E-state index in [-0.39, 0.29) is 0 Å². The van der Waals surface area contributed by atoms with Crippen LogP contribution in [-0.2, 0) is 4.74 Å². The molecule has 0 fully saturated rings. The number of nitrogens with one attached hydrogen (secondary N) is 1. The third-order valence-corrected chi connectivity index (χ3v) is 4.41. The molecule has 1 aromatic carbocycles. The van der Waals surface area contributed by atoms with E-state index in [1.165, 1.54) is 0 Å². The van der Waals surface area contributed by atoms with Gasteiger partial charge >= 0.3 is 0 Å². The molecule has 26 heavy (non-hydrogen) atoms. The number of thiophene rings is 1. The van der Waals surface area contributed by atoms with Crippen molar-refractivity contribution in [3.63, 3.8) is 0 Å². The molecular formula is C18H17N5O2S. The summed E-state index contributed by atoms with van der Waals surface area (Å²) < 4.78 is 12.3. The predicted octanol–water partition coefficient (Wildman–Crippen LogP) is 3.62. The first-order chi connectivity index (χ1) is 12.8. The number of methoxy groups -OCH3 is 1. The van der Waals surface area contributed by atoms with Gasteiger partial charge in [-0.2, -0.15) is 15.9 Å². The van der Waals surface area contributed by atoms with Gasteiger partial charge in [0.15, 0.2) is 17.3 Å². The number of anilines is 2. The number of ether oxygens (including phenoxy) is 2. The number of fused-ring (bicyclic) bond motifs is 1. The zero-order valence-corrected chi connectivity index (χ0v) is 14.9. The highest BCUT2D eigenvalue weighted by Gasteiger charge is 2.10. The van der Waals surface area contributed by atoms with Gasteiger partial charge in [-0.25, -0.2) is 0 Å². The summed E-state index contributed by atoms with van der Waals surface area (Å²) in [6, 6.07) is 13.5. The summed E-state index contributed by atoms with van der Waals surface area (Å²) in [6.07, 6.45) is 0. The molecule has 0 aliphatic heterocycles. The molecule has 7 nitrogen and oxygen atoms in total. The molecule has 0 aliphatic carbocycles. The number of hydrogen-bond acceptors (Lipinski definition) is 7. The van der Waals surface area contributed by atoms with Gasteiger partial charge in [-0.1, -0.05) is 0 Å². The van der Waals surface area contributed by atoms with Crippen molar-refractivity contribution < 1.29 is 9.47 Å². The Kier molecular flexibility index (Phi) is 4.76. The summed E-state index contributed by atoms with van der Waals surface area (Å²) >= 11 is 1.62. The normalized spacial score (nSPS) is 11.0. The molecule has 0 radical (unpaired) electrons. The van der Waals surface area contributed by atoms with Crippen LogP contribution in [0.25, 0.3) is 17.0 Å². The van der Waals surface area contributed by atoms with Crippen molar-refractivity contribution in [2.24, 2.45) is 0 Å². The van der Waals surface area contributed by atoms with E-state index in [1.807, 2.05) is 53.2 Å². The van der Waals surface area contributed by atoms with Crippen LogP contribution in [-0.4, -0.2) is 40.1 Å². The Hall–Kier alpha value is -2.97. The van der Waals surface area contributed by atoms with Crippen LogP contribution in [0.2, 0.25) is 0 Å². The molecule has 132 valence electrons. The molecule has 0 aliphatic rings. The van der Waals surface area contributed by atoms with E-state index in [1.54, 1.807) is 23.0 Å². The van der Waals surface area contributed by atoms with Gasteiger partial charge in [0.05, 0.1) is 6.61 Å².